The molecule has 0 aliphatic carbocycles. The Balaban J connectivity index is 3.41. The molecule has 0 saturated carbocycles. The minimum absolute atomic E-state index is 0.118. The summed E-state index contributed by atoms with van der Waals surface area (Å²) in [6, 6.07) is -1.25. The van der Waals surface area contributed by atoms with E-state index in [0.29, 0.717) is 0 Å². The Morgan fingerprint density at radius 2 is 1.59 bits per heavy atom. The maximum Gasteiger partial charge on any atom is 0.166 e. The highest BCUT2D eigenvalue weighted by Crippen LogP contribution is 2.35. The van der Waals surface area contributed by atoms with E-state index in [1.807, 2.05) is 0 Å². The highest BCUT2D eigenvalue weighted by Gasteiger charge is 2.33. The van der Waals surface area contributed by atoms with Gasteiger partial charge in [-0.1, -0.05) is 13.8 Å². The van der Waals surface area contributed by atoms with Gasteiger partial charge in [-0.05, 0) is 0 Å². The highest BCUT2D eigenvalue weighted by molar-refractivity contribution is 5.27. The number of aliphatic hydroxyl groups is 1. The zero-order chi connectivity index (χ0) is 13.4. The van der Waals surface area contributed by atoms with E-state index in [-0.39, 0.29) is 6.07 Å². The van der Waals surface area contributed by atoms with Gasteiger partial charge in [0.05, 0.1) is 0 Å². The number of halogens is 4. The lowest BCUT2D eigenvalue weighted by Gasteiger charge is -2.30. The molecule has 1 atom stereocenters. The van der Waals surface area contributed by atoms with Crippen molar-refractivity contribution in [1.82, 2.24) is 0 Å². The Kier molecular flexibility index (Phi) is 3.78. The molecule has 96 valence electrons. The van der Waals surface area contributed by atoms with Crippen LogP contribution in [-0.2, 0) is 0 Å². The van der Waals surface area contributed by atoms with Gasteiger partial charge in [0.1, 0.15) is 0 Å². The van der Waals surface area contributed by atoms with Crippen molar-refractivity contribution >= 4 is 0 Å². The SMILES string of the molecule is CC(C)(CO)[C@@H](N)c1c(F)c(F)cc(F)c1F. The zero-order valence-corrected chi connectivity index (χ0v) is 9.40. The summed E-state index contributed by atoms with van der Waals surface area (Å²) in [6.07, 6.45) is 0. The molecular weight excluding hydrogens is 238 g/mol. The van der Waals surface area contributed by atoms with Crippen molar-refractivity contribution < 1.29 is 22.7 Å². The normalized spacial score (nSPS) is 13.9. The molecule has 0 heterocycles. The van der Waals surface area contributed by atoms with E-state index < -0.39 is 46.9 Å². The minimum Gasteiger partial charge on any atom is -0.396 e. The Labute approximate surface area is 96.1 Å². The van der Waals surface area contributed by atoms with Gasteiger partial charge in [0.2, 0.25) is 0 Å². The largest absolute Gasteiger partial charge is 0.396 e. The van der Waals surface area contributed by atoms with Crippen LogP contribution in [0.1, 0.15) is 25.5 Å². The topological polar surface area (TPSA) is 46.2 Å². The molecule has 6 heteroatoms. The van der Waals surface area contributed by atoms with Crippen LogP contribution in [0, 0.1) is 28.7 Å². The minimum atomic E-state index is -1.53. The molecule has 0 aliphatic heterocycles. The molecule has 17 heavy (non-hydrogen) atoms. The number of benzene rings is 1. The van der Waals surface area contributed by atoms with E-state index in [1.54, 1.807) is 0 Å². The van der Waals surface area contributed by atoms with Crippen molar-refractivity contribution in [2.45, 2.75) is 19.9 Å². The van der Waals surface area contributed by atoms with E-state index in [9.17, 15) is 17.6 Å². The summed E-state index contributed by atoms with van der Waals surface area (Å²) < 4.78 is 52.8. The lowest BCUT2D eigenvalue weighted by molar-refractivity contribution is 0.128. The van der Waals surface area contributed by atoms with Gasteiger partial charge in [-0.2, -0.15) is 0 Å². The average Bonchev–Trinajstić information content (AvgIpc) is 2.26. The fourth-order valence-electron chi connectivity index (χ4n) is 1.35. The van der Waals surface area contributed by atoms with Crippen molar-refractivity contribution in [2.24, 2.45) is 11.1 Å². The predicted octanol–water partition coefficient (Wildman–Crippen LogP) is 2.26. The van der Waals surface area contributed by atoms with E-state index in [0.717, 1.165) is 0 Å². The van der Waals surface area contributed by atoms with Crippen molar-refractivity contribution in [3.8, 4) is 0 Å². The summed E-state index contributed by atoms with van der Waals surface area (Å²) in [5.74, 6) is -6.08. The molecule has 1 aromatic rings. The Bertz CT molecular complexity index is 408. The summed E-state index contributed by atoms with van der Waals surface area (Å²) >= 11 is 0. The quantitative estimate of drug-likeness (QED) is 0.639. The lowest BCUT2D eigenvalue weighted by atomic mass is 9.81. The summed E-state index contributed by atoms with van der Waals surface area (Å²) in [7, 11) is 0. The highest BCUT2D eigenvalue weighted by atomic mass is 19.2. The van der Waals surface area contributed by atoms with Crippen LogP contribution in [0.2, 0.25) is 0 Å². The van der Waals surface area contributed by atoms with Crippen molar-refractivity contribution in [2.75, 3.05) is 6.61 Å². The van der Waals surface area contributed by atoms with Gasteiger partial charge in [-0.25, -0.2) is 17.6 Å². The van der Waals surface area contributed by atoms with E-state index in [1.165, 1.54) is 13.8 Å². The molecule has 0 aliphatic rings. The van der Waals surface area contributed by atoms with E-state index >= 15 is 0 Å². The maximum absolute atomic E-state index is 13.4. The molecule has 3 N–H and O–H groups in total. The van der Waals surface area contributed by atoms with Crippen molar-refractivity contribution in [1.29, 1.82) is 0 Å². The fourth-order valence-corrected chi connectivity index (χ4v) is 1.35. The Morgan fingerprint density at radius 1 is 1.18 bits per heavy atom. The summed E-state index contributed by atoms with van der Waals surface area (Å²) in [5.41, 5.74) is 3.55. The van der Waals surface area contributed by atoms with Gasteiger partial charge < -0.3 is 10.8 Å². The molecule has 0 spiro atoms. The molecule has 0 aromatic heterocycles. The van der Waals surface area contributed by atoms with Crippen LogP contribution in [0.5, 0.6) is 0 Å². The molecule has 0 fully saturated rings. The fraction of sp³-hybridized carbons (Fsp3) is 0.455. The first-order chi connectivity index (χ1) is 7.72. The van der Waals surface area contributed by atoms with Gasteiger partial charge >= 0.3 is 0 Å². The molecule has 0 unspecified atom stereocenters. The third-order valence-electron chi connectivity index (χ3n) is 2.71. The molecule has 0 radical (unpaired) electrons. The lowest BCUT2D eigenvalue weighted by Crippen LogP contribution is -2.34. The van der Waals surface area contributed by atoms with Gasteiger partial charge in [0.25, 0.3) is 0 Å². The number of aliphatic hydroxyl groups excluding tert-OH is 1. The number of hydrogen-bond acceptors (Lipinski definition) is 2. The second-order valence-electron chi connectivity index (χ2n) is 4.51. The first-order valence-corrected chi connectivity index (χ1v) is 4.91. The first-order valence-electron chi connectivity index (χ1n) is 4.91. The standard InChI is InChI=1S/C11H13F4NO/c1-11(2,4-17)10(16)7-8(14)5(12)3-6(13)9(7)15/h3,10,17H,4,16H2,1-2H3/t10-/m0/s1. The van der Waals surface area contributed by atoms with Gasteiger partial charge in [-0.15, -0.1) is 0 Å². The van der Waals surface area contributed by atoms with Crippen LogP contribution < -0.4 is 5.73 Å². The average molecular weight is 251 g/mol. The van der Waals surface area contributed by atoms with Crippen molar-refractivity contribution in [3.63, 3.8) is 0 Å². The summed E-state index contributed by atoms with van der Waals surface area (Å²) in [5, 5.41) is 9.03. The monoisotopic (exact) mass is 251 g/mol. The third kappa shape index (κ3) is 2.42. The number of hydrogen-bond donors (Lipinski definition) is 2. The molecule has 0 bridgehead atoms. The summed E-state index contributed by atoms with van der Waals surface area (Å²) in [4.78, 5) is 0. The third-order valence-corrected chi connectivity index (χ3v) is 2.71. The summed E-state index contributed by atoms with van der Waals surface area (Å²) in [6.45, 7) is 2.38. The van der Waals surface area contributed by atoms with E-state index in [2.05, 4.69) is 0 Å². The molecule has 1 rings (SSSR count). The van der Waals surface area contributed by atoms with Crippen LogP contribution in [0.25, 0.3) is 0 Å². The second-order valence-corrected chi connectivity index (χ2v) is 4.51. The van der Waals surface area contributed by atoms with Gasteiger partial charge in [0, 0.05) is 29.7 Å². The maximum atomic E-state index is 13.4. The van der Waals surface area contributed by atoms with Crippen LogP contribution in [0.3, 0.4) is 0 Å². The molecule has 1 aromatic carbocycles. The van der Waals surface area contributed by atoms with E-state index in [4.69, 9.17) is 10.8 Å². The Morgan fingerprint density at radius 3 is 1.94 bits per heavy atom. The second kappa shape index (κ2) is 4.62. The first kappa shape index (κ1) is 13.9. The van der Waals surface area contributed by atoms with Crippen LogP contribution in [0.15, 0.2) is 6.07 Å². The molecule has 0 amide bonds. The molecular formula is C11H13F4NO. The number of rotatable bonds is 3. The smallest absolute Gasteiger partial charge is 0.166 e. The molecule has 2 nitrogen and oxygen atoms in total. The Hall–Kier alpha value is -1.14. The number of nitrogens with two attached hydrogens (primary N) is 1. The van der Waals surface area contributed by atoms with Crippen LogP contribution in [-0.4, -0.2) is 11.7 Å². The predicted molar refractivity (Wildman–Crippen MR) is 54.1 cm³/mol. The zero-order valence-electron chi connectivity index (χ0n) is 9.40. The molecule has 0 saturated heterocycles. The van der Waals surface area contributed by atoms with Gasteiger partial charge in [0.15, 0.2) is 23.3 Å². The van der Waals surface area contributed by atoms with Gasteiger partial charge in [-0.3, -0.25) is 0 Å². The van der Waals surface area contributed by atoms with Crippen LogP contribution >= 0.6 is 0 Å². The van der Waals surface area contributed by atoms with Crippen LogP contribution in [0.4, 0.5) is 17.6 Å². The van der Waals surface area contributed by atoms with Crippen molar-refractivity contribution in [3.05, 3.63) is 34.9 Å².